The van der Waals surface area contributed by atoms with Gasteiger partial charge in [-0.1, -0.05) is 48.0 Å². The maximum Gasteiger partial charge on any atom is 0.0343 e. The predicted molar refractivity (Wildman–Crippen MR) is 94.6 cm³/mol. The fourth-order valence-corrected chi connectivity index (χ4v) is 3.60. The zero-order valence-corrected chi connectivity index (χ0v) is 15.0. The summed E-state index contributed by atoms with van der Waals surface area (Å²) in [4.78, 5) is 2.64. The minimum atomic E-state index is 0.458. The average Bonchev–Trinajstić information content (AvgIpc) is 2.50. The highest BCUT2D eigenvalue weighted by molar-refractivity contribution is 9.10. The fourth-order valence-electron chi connectivity index (χ4n) is 3.04. The van der Waals surface area contributed by atoms with Gasteiger partial charge in [0.25, 0.3) is 0 Å². The molecule has 1 N–H and O–H groups in total. The maximum atomic E-state index is 3.72. The highest BCUT2D eigenvalue weighted by Gasteiger charge is 2.18. The SMILES string of the molecule is CCCNC(CCN1CCC(C)CC1)c1ccccc1Br. The zero-order chi connectivity index (χ0) is 15.1. The van der Waals surface area contributed by atoms with Crippen molar-refractivity contribution in [2.24, 2.45) is 5.92 Å². The topological polar surface area (TPSA) is 15.3 Å². The quantitative estimate of drug-likeness (QED) is 0.770. The summed E-state index contributed by atoms with van der Waals surface area (Å²) in [6.07, 6.45) is 5.10. The van der Waals surface area contributed by atoms with E-state index in [1.807, 2.05) is 0 Å². The van der Waals surface area contributed by atoms with Gasteiger partial charge in [-0.3, -0.25) is 0 Å². The average molecular weight is 353 g/mol. The molecule has 1 saturated heterocycles. The van der Waals surface area contributed by atoms with Crippen molar-refractivity contribution < 1.29 is 0 Å². The summed E-state index contributed by atoms with van der Waals surface area (Å²) in [5.74, 6) is 0.915. The number of nitrogens with one attached hydrogen (secondary N) is 1. The van der Waals surface area contributed by atoms with Crippen LogP contribution >= 0.6 is 15.9 Å². The first-order valence-electron chi connectivity index (χ1n) is 8.41. The molecule has 21 heavy (non-hydrogen) atoms. The Hall–Kier alpha value is -0.380. The number of benzene rings is 1. The molecule has 0 saturated carbocycles. The van der Waals surface area contributed by atoms with Gasteiger partial charge in [-0.15, -0.1) is 0 Å². The normalized spacial score (nSPS) is 18.8. The maximum absolute atomic E-state index is 3.72. The van der Waals surface area contributed by atoms with Gasteiger partial charge in [0.05, 0.1) is 0 Å². The minimum absolute atomic E-state index is 0.458. The van der Waals surface area contributed by atoms with Crippen molar-refractivity contribution in [1.82, 2.24) is 10.2 Å². The Balaban J connectivity index is 1.92. The molecule has 1 aliphatic rings. The van der Waals surface area contributed by atoms with E-state index < -0.39 is 0 Å². The standard InChI is InChI=1S/C18H29BrN2/c1-3-11-20-18(16-6-4-5-7-17(16)19)10-14-21-12-8-15(2)9-13-21/h4-7,15,18,20H,3,8-14H2,1-2H3. The van der Waals surface area contributed by atoms with Crippen LogP contribution in [0.25, 0.3) is 0 Å². The van der Waals surface area contributed by atoms with Crippen LogP contribution in [0.5, 0.6) is 0 Å². The smallest absolute Gasteiger partial charge is 0.0343 e. The van der Waals surface area contributed by atoms with Crippen molar-refractivity contribution in [2.75, 3.05) is 26.2 Å². The summed E-state index contributed by atoms with van der Waals surface area (Å²) in [5.41, 5.74) is 1.40. The summed E-state index contributed by atoms with van der Waals surface area (Å²) < 4.78 is 1.23. The number of piperidine rings is 1. The van der Waals surface area contributed by atoms with Crippen LogP contribution in [0, 0.1) is 5.92 Å². The van der Waals surface area contributed by atoms with Crippen molar-refractivity contribution >= 4 is 15.9 Å². The van der Waals surface area contributed by atoms with Crippen LogP contribution < -0.4 is 5.32 Å². The number of nitrogens with zero attached hydrogens (tertiary/aromatic N) is 1. The molecule has 0 aliphatic carbocycles. The van der Waals surface area contributed by atoms with E-state index in [2.05, 4.69) is 64.3 Å². The highest BCUT2D eigenvalue weighted by atomic mass is 79.9. The van der Waals surface area contributed by atoms with E-state index in [1.165, 1.54) is 55.4 Å². The molecule has 0 aromatic heterocycles. The van der Waals surface area contributed by atoms with Crippen LogP contribution in [-0.2, 0) is 0 Å². The molecular weight excluding hydrogens is 324 g/mol. The molecule has 1 heterocycles. The number of hydrogen-bond acceptors (Lipinski definition) is 2. The van der Waals surface area contributed by atoms with Gasteiger partial charge in [0.1, 0.15) is 0 Å². The lowest BCUT2D eigenvalue weighted by Gasteiger charge is -2.31. The van der Waals surface area contributed by atoms with Gasteiger partial charge in [-0.05, 0) is 69.4 Å². The van der Waals surface area contributed by atoms with Crippen LogP contribution in [-0.4, -0.2) is 31.1 Å². The van der Waals surface area contributed by atoms with Crippen molar-refractivity contribution in [2.45, 2.75) is 45.6 Å². The second-order valence-corrected chi connectivity index (χ2v) is 7.20. The Morgan fingerprint density at radius 2 is 2.00 bits per heavy atom. The van der Waals surface area contributed by atoms with Gasteiger partial charge in [-0.25, -0.2) is 0 Å². The van der Waals surface area contributed by atoms with Gasteiger partial charge in [0, 0.05) is 10.5 Å². The Morgan fingerprint density at radius 3 is 2.67 bits per heavy atom. The van der Waals surface area contributed by atoms with Gasteiger partial charge in [0.15, 0.2) is 0 Å². The highest BCUT2D eigenvalue weighted by Crippen LogP contribution is 2.26. The molecule has 2 rings (SSSR count). The minimum Gasteiger partial charge on any atom is -0.310 e. The summed E-state index contributed by atoms with van der Waals surface area (Å²) in [5, 5.41) is 3.72. The first-order valence-corrected chi connectivity index (χ1v) is 9.20. The number of hydrogen-bond donors (Lipinski definition) is 1. The van der Waals surface area contributed by atoms with Crippen LogP contribution in [0.15, 0.2) is 28.7 Å². The van der Waals surface area contributed by atoms with E-state index in [0.29, 0.717) is 6.04 Å². The lowest BCUT2D eigenvalue weighted by atomic mass is 9.98. The van der Waals surface area contributed by atoms with E-state index in [0.717, 1.165) is 12.5 Å². The number of rotatable bonds is 7. The molecule has 1 aromatic rings. The van der Waals surface area contributed by atoms with Gasteiger partial charge >= 0.3 is 0 Å². The van der Waals surface area contributed by atoms with Crippen LogP contribution in [0.1, 0.15) is 51.1 Å². The molecular formula is C18H29BrN2. The number of likely N-dealkylation sites (tertiary alicyclic amines) is 1. The largest absolute Gasteiger partial charge is 0.310 e. The third kappa shape index (κ3) is 5.39. The van der Waals surface area contributed by atoms with E-state index in [1.54, 1.807) is 0 Å². The molecule has 0 amide bonds. The molecule has 1 aromatic carbocycles. The molecule has 3 heteroatoms. The van der Waals surface area contributed by atoms with Crippen LogP contribution in [0.4, 0.5) is 0 Å². The monoisotopic (exact) mass is 352 g/mol. The summed E-state index contributed by atoms with van der Waals surface area (Å²) in [6.45, 7) is 9.45. The third-order valence-corrected chi connectivity index (χ3v) is 5.25. The molecule has 0 radical (unpaired) electrons. The Labute approximate surface area is 138 Å². The second kappa shape index (κ2) is 8.92. The van der Waals surface area contributed by atoms with Crippen molar-refractivity contribution in [3.63, 3.8) is 0 Å². The van der Waals surface area contributed by atoms with E-state index >= 15 is 0 Å². The molecule has 0 bridgehead atoms. The Kier molecular flexibility index (Phi) is 7.21. The van der Waals surface area contributed by atoms with E-state index in [-0.39, 0.29) is 0 Å². The molecule has 1 aliphatic heterocycles. The predicted octanol–water partition coefficient (Wildman–Crippen LogP) is 4.61. The summed E-state index contributed by atoms with van der Waals surface area (Å²) in [7, 11) is 0. The van der Waals surface area contributed by atoms with Crippen LogP contribution in [0.3, 0.4) is 0 Å². The van der Waals surface area contributed by atoms with E-state index in [9.17, 15) is 0 Å². The molecule has 1 atom stereocenters. The molecule has 1 unspecified atom stereocenters. The summed E-state index contributed by atoms with van der Waals surface area (Å²) >= 11 is 3.71. The Morgan fingerprint density at radius 1 is 1.29 bits per heavy atom. The zero-order valence-electron chi connectivity index (χ0n) is 13.4. The van der Waals surface area contributed by atoms with Crippen molar-refractivity contribution in [3.8, 4) is 0 Å². The summed E-state index contributed by atoms with van der Waals surface area (Å²) in [6, 6.07) is 9.09. The molecule has 1 fully saturated rings. The van der Waals surface area contributed by atoms with Crippen molar-refractivity contribution in [1.29, 1.82) is 0 Å². The van der Waals surface area contributed by atoms with Crippen molar-refractivity contribution in [3.05, 3.63) is 34.3 Å². The lowest BCUT2D eigenvalue weighted by Crippen LogP contribution is -2.35. The fraction of sp³-hybridized carbons (Fsp3) is 0.667. The van der Waals surface area contributed by atoms with Gasteiger partial charge < -0.3 is 10.2 Å². The van der Waals surface area contributed by atoms with E-state index in [4.69, 9.17) is 0 Å². The first kappa shape index (κ1) is 17.0. The first-order chi connectivity index (χ1) is 10.2. The molecule has 2 nitrogen and oxygen atoms in total. The van der Waals surface area contributed by atoms with Gasteiger partial charge in [-0.2, -0.15) is 0 Å². The second-order valence-electron chi connectivity index (χ2n) is 6.34. The molecule has 0 spiro atoms. The van der Waals surface area contributed by atoms with Gasteiger partial charge in [0.2, 0.25) is 0 Å². The number of halogens is 1. The molecule has 118 valence electrons. The lowest BCUT2D eigenvalue weighted by molar-refractivity contribution is 0.184. The third-order valence-electron chi connectivity index (χ3n) is 4.53. The van der Waals surface area contributed by atoms with Crippen LogP contribution in [0.2, 0.25) is 0 Å². The Bertz CT molecular complexity index is 413.